The van der Waals surface area contributed by atoms with Gasteiger partial charge in [-0.25, -0.2) is 4.39 Å². The van der Waals surface area contributed by atoms with Crippen LogP contribution >= 0.6 is 0 Å². The summed E-state index contributed by atoms with van der Waals surface area (Å²) >= 11 is 0. The second-order valence-corrected chi connectivity index (χ2v) is 7.12. The predicted molar refractivity (Wildman–Crippen MR) is 98.7 cm³/mol. The quantitative estimate of drug-likeness (QED) is 0.847. The Balaban J connectivity index is 1.32. The van der Waals surface area contributed by atoms with Gasteiger partial charge in [-0.05, 0) is 55.0 Å². The van der Waals surface area contributed by atoms with E-state index in [-0.39, 0.29) is 5.82 Å². The molecule has 0 aliphatic carbocycles. The topological polar surface area (TPSA) is 39.5 Å². The number of halogens is 1. The van der Waals surface area contributed by atoms with Gasteiger partial charge in [0.2, 0.25) is 0 Å². The number of anilines is 1. The molecule has 26 heavy (non-hydrogen) atoms. The molecule has 5 heteroatoms. The smallest absolute Gasteiger partial charge is 0.123 e. The first-order valence-electron chi connectivity index (χ1n) is 9.09. The van der Waals surface area contributed by atoms with Gasteiger partial charge >= 0.3 is 0 Å². The van der Waals surface area contributed by atoms with Gasteiger partial charge in [-0.3, -0.25) is 4.90 Å². The van der Waals surface area contributed by atoms with Gasteiger partial charge in [0.1, 0.15) is 11.6 Å². The number of nitrogens with zero attached hydrogens (tertiary/aromatic N) is 3. The van der Waals surface area contributed by atoms with E-state index in [1.807, 2.05) is 24.3 Å². The zero-order valence-corrected chi connectivity index (χ0v) is 14.6. The van der Waals surface area contributed by atoms with Crippen LogP contribution in [0, 0.1) is 23.1 Å². The van der Waals surface area contributed by atoms with Crippen molar-refractivity contribution in [1.82, 2.24) is 4.90 Å². The lowest BCUT2D eigenvalue weighted by Crippen LogP contribution is -2.50. The summed E-state index contributed by atoms with van der Waals surface area (Å²) in [5, 5.41) is 8.94. The Labute approximate surface area is 153 Å². The van der Waals surface area contributed by atoms with Crippen molar-refractivity contribution in [3.63, 3.8) is 0 Å². The molecule has 0 bridgehead atoms. The largest absolute Gasteiger partial charge is 0.493 e. The first kappa shape index (κ1) is 16.9. The molecular formula is C21H22FN3O. The van der Waals surface area contributed by atoms with E-state index in [1.54, 1.807) is 12.1 Å². The number of hydrogen-bond donors (Lipinski definition) is 0. The van der Waals surface area contributed by atoms with Gasteiger partial charge in [-0.1, -0.05) is 0 Å². The van der Waals surface area contributed by atoms with Crippen molar-refractivity contribution in [2.75, 3.05) is 37.7 Å². The second-order valence-electron chi connectivity index (χ2n) is 7.12. The zero-order chi connectivity index (χ0) is 17.9. The Morgan fingerprint density at radius 2 is 1.81 bits per heavy atom. The van der Waals surface area contributed by atoms with Crippen LogP contribution in [0.3, 0.4) is 0 Å². The van der Waals surface area contributed by atoms with Crippen LogP contribution in [-0.2, 0) is 0 Å². The van der Waals surface area contributed by atoms with Gasteiger partial charge in [0.25, 0.3) is 0 Å². The van der Waals surface area contributed by atoms with Crippen LogP contribution in [0.25, 0.3) is 0 Å². The summed E-state index contributed by atoms with van der Waals surface area (Å²) in [5.41, 5.74) is 1.89. The number of benzene rings is 2. The Kier molecular flexibility index (Phi) is 4.77. The van der Waals surface area contributed by atoms with Crippen LogP contribution in [-0.4, -0.2) is 43.7 Å². The minimum Gasteiger partial charge on any atom is -0.493 e. The number of ether oxygens (including phenoxy) is 1. The Morgan fingerprint density at radius 3 is 2.54 bits per heavy atom. The molecule has 0 N–H and O–H groups in total. The summed E-state index contributed by atoms with van der Waals surface area (Å²) < 4.78 is 18.8. The van der Waals surface area contributed by atoms with E-state index < -0.39 is 0 Å². The van der Waals surface area contributed by atoms with Crippen LogP contribution in [0.15, 0.2) is 48.5 Å². The van der Waals surface area contributed by atoms with E-state index in [9.17, 15) is 4.39 Å². The van der Waals surface area contributed by atoms with Crippen molar-refractivity contribution in [2.24, 2.45) is 5.92 Å². The summed E-state index contributed by atoms with van der Waals surface area (Å²) in [7, 11) is 0. The first-order valence-corrected chi connectivity index (χ1v) is 9.09. The van der Waals surface area contributed by atoms with Gasteiger partial charge in [0, 0.05) is 43.8 Å². The van der Waals surface area contributed by atoms with Gasteiger partial charge in [0.15, 0.2) is 0 Å². The maximum Gasteiger partial charge on any atom is 0.123 e. The summed E-state index contributed by atoms with van der Waals surface area (Å²) in [5.74, 6) is 1.000. The molecule has 0 saturated carbocycles. The number of piperazine rings is 1. The highest BCUT2D eigenvalue weighted by Crippen LogP contribution is 2.29. The van der Waals surface area contributed by atoms with Crippen molar-refractivity contribution >= 4 is 5.69 Å². The molecule has 2 aliphatic heterocycles. The molecule has 0 radical (unpaired) electrons. The van der Waals surface area contributed by atoms with Crippen molar-refractivity contribution in [3.05, 3.63) is 59.9 Å². The third kappa shape index (κ3) is 3.66. The maximum atomic E-state index is 13.0. The van der Waals surface area contributed by atoms with Gasteiger partial charge in [-0.15, -0.1) is 0 Å². The summed E-state index contributed by atoms with van der Waals surface area (Å²) in [6.45, 7) is 4.81. The molecule has 0 amide bonds. The Morgan fingerprint density at radius 1 is 1.04 bits per heavy atom. The molecule has 2 fully saturated rings. The molecule has 2 aliphatic rings. The lowest BCUT2D eigenvalue weighted by atomic mass is 10.1. The number of hydrogen-bond acceptors (Lipinski definition) is 4. The fourth-order valence-electron chi connectivity index (χ4n) is 3.99. The minimum absolute atomic E-state index is 0.238. The number of fused-ring (bicyclic) bond motifs is 1. The lowest BCUT2D eigenvalue weighted by molar-refractivity contribution is 0.217. The van der Waals surface area contributed by atoms with Crippen molar-refractivity contribution in [2.45, 2.75) is 12.5 Å². The predicted octanol–water partition coefficient (Wildman–Crippen LogP) is 3.29. The van der Waals surface area contributed by atoms with E-state index in [1.165, 1.54) is 17.8 Å². The molecule has 4 nitrogen and oxygen atoms in total. The van der Waals surface area contributed by atoms with Crippen LogP contribution in [0.2, 0.25) is 0 Å². The molecule has 2 saturated heterocycles. The second kappa shape index (κ2) is 7.35. The van der Waals surface area contributed by atoms with Gasteiger partial charge < -0.3 is 9.64 Å². The maximum absolute atomic E-state index is 13.0. The number of rotatable bonds is 4. The zero-order valence-electron chi connectivity index (χ0n) is 14.6. The average molecular weight is 351 g/mol. The summed E-state index contributed by atoms with van der Waals surface area (Å²) in [6, 6.07) is 16.8. The molecule has 2 atom stereocenters. The Bertz CT molecular complexity index is 784. The van der Waals surface area contributed by atoms with Crippen LogP contribution in [0.4, 0.5) is 10.1 Å². The number of nitriles is 1. The highest BCUT2D eigenvalue weighted by molar-refractivity contribution is 5.50. The molecule has 2 heterocycles. The average Bonchev–Trinajstić information content (AvgIpc) is 3.10. The lowest BCUT2D eigenvalue weighted by Gasteiger charge is -2.38. The van der Waals surface area contributed by atoms with Crippen LogP contribution in [0.1, 0.15) is 12.0 Å². The fraction of sp³-hybridized carbons (Fsp3) is 0.381. The monoisotopic (exact) mass is 351 g/mol. The molecule has 0 aromatic heterocycles. The molecule has 2 aromatic rings. The van der Waals surface area contributed by atoms with E-state index in [2.05, 4.69) is 15.9 Å². The highest BCUT2D eigenvalue weighted by Gasteiger charge is 2.36. The summed E-state index contributed by atoms with van der Waals surface area (Å²) in [4.78, 5) is 4.96. The van der Waals surface area contributed by atoms with E-state index in [0.717, 1.165) is 38.3 Å². The molecule has 2 aromatic carbocycles. The van der Waals surface area contributed by atoms with Crippen molar-refractivity contribution in [3.8, 4) is 11.8 Å². The normalized spacial score (nSPS) is 22.7. The van der Waals surface area contributed by atoms with Crippen LogP contribution in [0.5, 0.6) is 5.75 Å². The standard InChI is InChI=1S/C21H22FN3O/c22-18-3-7-21(8-4-18)26-15-17-11-20-14-25(10-9-24(20)13-17)19-5-1-16(12-23)2-6-19/h1-8,17,20H,9-11,13-15H2. The van der Waals surface area contributed by atoms with Crippen LogP contribution < -0.4 is 9.64 Å². The SMILES string of the molecule is N#Cc1ccc(N2CCN3CC(COc4ccc(F)cc4)CC3C2)cc1. The molecule has 2 unspecified atom stereocenters. The Hall–Kier alpha value is -2.58. The van der Waals surface area contributed by atoms with Crippen molar-refractivity contribution < 1.29 is 9.13 Å². The summed E-state index contributed by atoms with van der Waals surface area (Å²) in [6.07, 6.45) is 1.12. The molecule has 0 spiro atoms. The first-order chi connectivity index (χ1) is 12.7. The molecular weight excluding hydrogens is 329 g/mol. The fourth-order valence-corrected chi connectivity index (χ4v) is 3.99. The third-order valence-corrected chi connectivity index (χ3v) is 5.36. The molecule has 4 rings (SSSR count). The van der Waals surface area contributed by atoms with E-state index >= 15 is 0 Å². The van der Waals surface area contributed by atoms with Gasteiger partial charge in [-0.2, -0.15) is 5.26 Å². The highest BCUT2D eigenvalue weighted by atomic mass is 19.1. The van der Waals surface area contributed by atoms with E-state index in [0.29, 0.717) is 24.1 Å². The van der Waals surface area contributed by atoms with E-state index in [4.69, 9.17) is 10.00 Å². The molecule has 134 valence electrons. The van der Waals surface area contributed by atoms with Gasteiger partial charge in [0.05, 0.1) is 18.2 Å². The van der Waals surface area contributed by atoms with Crippen molar-refractivity contribution in [1.29, 1.82) is 5.26 Å². The third-order valence-electron chi connectivity index (χ3n) is 5.36. The minimum atomic E-state index is -0.238.